The molecule has 22 heavy (non-hydrogen) atoms. The number of hydrogen-bond acceptors (Lipinski definition) is 4. The van der Waals surface area contributed by atoms with Crippen molar-refractivity contribution >= 4 is 15.9 Å². The third-order valence-electron chi connectivity index (χ3n) is 3.31. The molecule has 1 unspecified atom stereocenters. The molecule has 0 bridgehead atoms. The number of sulfonamides is 1. The summed E-state index contributed by atoms with van der Waals surface area (Å²) in [4.78, 5) is 13.3. The van der Waals surface area contributed by atoms with Crippen molar-refractivity contribution in [3.05, 3.63) is 29.8 Å². The van der Waals surface area contributed by atoms with Gasteiger partial charge >= 0.3 is 6.61 Å². The number of benzene rings is 1. The molecule has 1 aromatic carbocycles. The van der Waals surface area contributed by atoms with Gasteiger partial charge in [0.05, 0.1) is 5.75 Å². The maximum absolute atomic E-state index is 12.4. The van der Waals surface area contributed by atoms with E-state index in [1.54, 1.807) is 18.2 Å². The number of carbonyl (C=O) groups excluding carboxylic acids is 1. The van der Waals surface area contributed by atoms with Crippen LogP contribution in [0, 0.1) is 5.92 Å². The first-order chi connectivity index (χ1) is 10.2. The van der Waals surface area contributed by atoms with Gasteiger partial charge in [-0.25, -0.2) is 13.6 Å². The molecular formula is C13H16F2N2O4S. The first kappa shape index (κ1) is 16.6. The number of alkyl halides is 2. The highest BCUT2D eigenvalue weighted by atomic mass is 32.2. The number of para-hydroxylation sites is 1. The van der Waals surface area contributed by atoms with Gasteiger partial charge in [-0.3, -0.25) is 4.79 Å². The third-order valence-corrected chi connectivity index (χ3v) is 4.25. The Morgan fingerprint density at radius 1 is 1.36 bits per heavy atom. The summed E-state index contributed by atoms with van der Waals surface area (Å²) in [5.41, 5.74) is 0.437. The number of likely N-dealkylation sites (tertiary alicyclic amines) is 1. The molecule has 1 amide bonds. The maximum Gasteiger partial charge on any atom is 0.387 e. The second kappa shape index (κ2) is 6.57. The summed E-state index contributed by atoms with van der Waals surface area (Å²) in [6.45, 7) is -2.65. The van der Waals surface area contributed by atoms with Gasteiger partial charge < -0.3 is 9.64 Å². The van der Waals surface area contributed by atoms with E-state index < -0.39 is 16.6 Å². The molecule has 2 rings (SSSR count). The number of primary sulfonamides is 1. The van der Waals surface area contributed by atoms with Crippen LogP contribution < -0.4 is 9.88 Å². The zero-order valence-electron chi connectivity index (χ0n) is 11.6. The van der Waals surface area contributed by atoms with Crippen molar-refractivity contribution < 1.29 is 26.7 Å². The van der Waals surface area contributed by atoms with Crippen molar-refractivity contribution in [2.45, 2.75) is 19.6 Å². The van der Waals surface area contributed by atoms with E-state index in [1.165, 1.54) is 11.0 Å². The number of nitrogens with two attached hydrogens (primary N) is 1. The highest BCUT2D eigenvalue weighted by Crippen LogP contribution is 2.26. The van der Waals surface area contributed by atoms with Crippen LogP contribution in [0.15, 0.2) is 24.3 Å². The Kier molecular flexibility index (Phi) is 4.97. The number of ether oxygens (including phenoxy) is 1. The van der Waals surface area contributed by atoms with Crippen LogP contribution in [0.3, 0.4) is 0 Å². The molecule has 1 saturated heterocycles. The minimum absolute atomic E-state index is 0.000182. The minimum atomic E-state index is -3.65. The number of halogens is 2. The molecule has 1 aliphatic rings. The van der Waals surface area contributed by atoms with E-state index in [-0.39, 0.29) is 42.8 Å². The van der Waals surface area contributed by atoms with Crippen LogP contribution in [0.25, 0.3) is 0 Å². The number of rotatable bonds is 6. The van der Waals surface area contributed by atoms with Gasteiger partial charge in [-0.1, -0.05) is 18.2 Å². The molecule has 1 aromatic rings. The number of carbonyl (C=O) groups is 1. The van der Waals surface area contributed by atoms with Crippen molar-refractivity contribution in [3.63, 3.8) is 0 Å². The standard InChI is InChI=1S/C13H16F2N2O4S/c14-13(15)21-11-4-2-1-3-10(11)7-17-6-9(5-12(17)18)8-22(16,19)20/h1-4,9,13H,5-8H2,(H2,16,19,20). The van der Waals surface area contributed by atoms with E-state index in [0.717, 1.165) is 0 Å². The van der Waals surface area contributed by atoms with Crippen molar-refractivity contribution in [2.75, 3.05) is 12.3 Å². The van der Waals surface area contributed by atoms with Gasteiger partial charge in [0.25, 0.3) is 0 Å². The topological polar surface area (TPSA) is 89.7 Å². The fourth-order valence-corrected chi connectivity index (χ4v) is 3.38. The average Bonchev–Trinajstić information content (AvgIpc) is 2.69. The second-order valence-corrected chi connectivity index (χ2v) is 6.82. The quantitative estimate of drug-likeness (QED) is 0.838. The lowest BCUT2D eigenvalue weighted by atomic mass is 10.1. The average molecular weight is 334 g/mol. The van der Waals surface area contributed by atoms with Crippen LogP contribution in [0.1, 0.15) is 12.0 Å². The second-order valence-electron chi connectivity index (χ2n) is 5.16. The normalized spacial score (nSPS) is 19.0. The van der Waals surface area contributed by atoms with Gasteiger partial charge in [-0.2, -0.15) is 8.78 Å². The van der Waals surface area contributed by atoms with E-state index in [4.69, 9.17) is 5.14 Å². The van der Waals surface area contributed by atoms with Gasteiger partial charge in [0.15, 0.2) is 0 Å². The number of hydrogen-bond donors (Lipinski definition) is 1. The molecule has 6 nitrogen and oxygen atoms in total. The molecular weight excluding hydrogens is 318 g/mol. The van der Waals surface area contributed by atoms with Gasteiger partial charge in [0.1, 0.15) is 5.75 Å². The highest BCUT2D eigenvalue weighted by Gasteiger charge is 2.32. The van der Waals surface area contributed by atoms with E-state index >= 15 is 0 Å². The van der Waals surface area contributed by atoms with Gasteiger partial charge in [0, 0.05) is 31.0 Å². The van der Waals surface area contributed by atoms with Crippen molar-refractivity contribution in [3.8, 4) is 5.75 Å². The molecule has 1 heterocycles. The Labute approximate surface area is 126 Å². The lowest BCUT2D eigenvalue weighted by Gasteiger charge is -2.18. The molecule has 0 aliphatic carbocycles. The summed E-state index contributed by atoms with van der Waals surface area (Å²) in [6.07, 6.45) is 0.0777. The van der Waals surface area contributed by atoms with E-state index in [9.17, 15) is 22.0 Å². The first-order valence-electron chi connectivity index (χ1n) is 6.55. The summed E-state index contributed by atoms with van der Waals surface area (Å²) in [5, 5.41) is 4.98. The molecule has 0 radical (unpaired) electrons. The Balaban J connectivity index is 2.07. The Hall–Kier alpha value is -1.74. The largest absolute Gasteiger partial charge is 0.434 e. The van der Waals surface area contributed by atoms with Crippen LogP contribution in [-0.2, 0) is 21.4 Å². The van der Waals surface area contributed by atoms with Crippen LogP contribution in [0.4, 0.5) is 8.78 Å². The van der Waals surface area contributed by atoms with Gasteiger partial charge in [0.2, 0.25) is 15.9 Å². The molecule has 1 aliphatic heterocycles. The van der Waals surface area contributed by atoms with Crippen LogP contribution in [0.5, 0.6) is 5.75 Å². The monoisotopic (exact) mass is 334 g/mol. The molecule has 122 valence electrons. The molecule has 0 aromatic heterocycles. The Bertz CT molecular complexity index is 651. The zero-order chi connectivity index (χ0) is 16.3. The molecule has 0 spiro atoms. The summed E-state index contributed by atoms with van der Waals surface area (Å²) in [7, 11) is -3.65. The molecule has 1 fully saturated rings. The summed E-state index contributed by atoms with van der Waals surface area (Å²) in [5.74, 6) is -0.892. The zero-order valence-corrected chi connectivity index (χ0v) is 12.4. The van der Waals surface area contributed by atoms with Crippen molar-refractivity contribution in [1.29, 1.82) is 0 Å². The molecule has 0 saturated carbocycles. The lowest BCUT2D eigenvalue weighted by molar-refractivity contribution is -0.128. The lowest BCUT2D eigenvalue weighted by Crippen LogP contribution is -2.27. The summed E-state index contributed by atoms with van der Waals surface area (Å²) >= 11 is 0. The summed E-state index contributed by atoms with van der Waals surface area (Å²) < 4.78 is 51.3. The van der Waals surface area contributed by atoms with Crippen molar-refractivity contribution in [2.24, 2.45) is 11.1 Å². The van der Waals surface area contributed by atoms with E-state index in [2.05, 4.69) is 4.74 Å². The smallest absolute Gasteiger partial charge is 0.387 e. The van der Waals surface area contributed by atoms with Crippen LogP contribution >= 0.6 is 0 Å². The van der Waals surface area contributed by atoms with E-state index in [1.807, 2.05) is 0 Å². The van der Waals surface area contributed by atoms with Gasteiger partial charge in [-0.05, 0) is 6.07 Å². The Morgan fingerprint density at radius 2 is 2.05 bits per heavy atom. The van der Waals surface area contributed by atoms with Crippen LogP contribution in [-0.4, -0.2) is 38.1 Å². The first-order valence-corrected chi connectivity index (χ1v) is 8.27. The Morgan fingerprint density at radius 3 is 2.68 bits per heavy atom. The highest BCUT2D eigenvalue weighted by molar-refractivity contribution is 7.89. The van der Waals surface area contributed by atoms with Crippen molar-refractivity contribution in [1.82, 2.24) is 4.90 Å². The maximum atomic E-state index is 12.4. The fourth-order valence-electron chi connectivity index (χ4n) is 2.50. The predicted molar refractivity (Wildman–Crippen MR) is 74.6 cm³/mol. The van der Waals surface area contributed by atoms with Gasteiger partial charge in [-0.15, -0.1) is 0 Å². The molecule has 2 N–H and O–H groups in total. The number of amides is 1. The number of nitrogens with zero attached hydrogens (tertiary/aromatic N) is 1. The summed E-state index contributed by atoms with van der Waals surface area (Å²) in [6, 6.07) is 6.18. The van der Waals surface area contributed by atoms with Crippen LogP contribution in [0.2, 0.25) is 0 Å². The minimum Gasteiger partial charge on any atom is -0.434 e. The molecule has 1 atom stereocenters. The van der Waals surface area contributed by atoms with E-state index in [0.29, 0.717) is 5.56 Å². The fraction of sp³-hybridized carbons (Fsp3) is 0.462. The SMILES string of the molecule is NS(=O)(=O)CC1CC(=O)N(Cc2ccccc2OC(F)F)C1. The third kappa shape index (κ3) is 4.63. The predicted octanol–water partition coefficient (Wildman–Crippen LogP) is 0.925. The molecule has 9 heteroatoms.